The summed E-state index contributed by atoms with van der Waals surface area (Å²) in [6, 6.07) is 5.34. The van der Waals surface area contributed by atoms with Crippen LogP contribution in [0.25, 0.3) is 16.8 Å². The lowest BCUT2D eigenvalue weighted by atomic mass is 10.1. The van der Waals surface area contributed by atoms with Crippen LogP contribution in [-0.2, 0) is 0 Å². The van der Waals surface area contributed by atoms with Gasteiger partial charge in [-0.25, -0.2) is 14.3 Å². The topological polar surface area (TPSA) is 106 Å². The molecule has 24 heavy (non-hydrogen) atoms. The molecule has 3 aromatic rings. The molecule has 1 aromatic carbocycles. The summed E-state index contributed by atoms with van der Waals surface area (Å²) in [7, 11) is 3.08. The summed E-state index contributed by atoms with van der Waals surface area (Å²) in [6.45, 7) is 1.78. The fourth-order valence-electron chi connectivity index (χ4n) is 2.61. The molecule has 2 heterocycles. The number of carboxylic acid groups (broad SMARTS) is 1. The molecule has 0 aliphatic heterocycles. The molecule has 0 atom stereocenters. The average Bonchev–Trinajstić information content (AvgIpc) is 2.91. The maximum atomic E-state index is 12.3. The Morgan fingerprint density at radius 2 is 1.96 bits per heavy atom. The first-order valence-corrected chi connectivity index (χ1v) is 7.04. The minimum atomic E-state index is -1.32. The largest absolute Gasteiger partial charge is 0.493 e. The van der Waals surface area contributed by atoms with Gasteiger partial charge in [-0.2, -0.15) is 0 Å². The van der Waals surface area contributed by atoms with E-state index in [0.29, 0.717) is 28.4 Å². The van der Waals surface area contributed by atoms with Gasteiger partial charge in [0.1, 0.15) is 5.56 Å². The summed E-state index contributed by atoms with van der Waals surface area (Å²) < 4.78 is 11.6. The van der Waals surface area contributed by atoms with E-state index in [-0.39, 0.29) is 0 Å². The van der Waals surface area contributed by atoms with Crippen LogP contribution in [0.2, 0.25) is 0 Å². The van der Waals surface area contributed by atoms with Gasteiger partial charge in [0.25, 0.3) is 5.56 Å². The minimum absolute atomic E-state index is 0.342. The van der Waals surface area contributed by atoms with E-state index in [1.807, 2.05) is 6.07 Å². The normalized spacial score (nSPS) is 10.8. The molecule has 8 heteroatoms. The number of rotatable bonds is 4. The van der Waals surface area contributed by atoms with Gasteiger partial charge in [-0.05, 0) is 24.6 Å². The molecule has 0 radical (unpaired) electrons. The Kier molecular flexibility index (Phi) is 3.72. The molecular formula is C16H15N3O5. The van der Waals surface area contributed by atoms with Crippen molar-refractivity contribution in [2.45, 2.75) is 6.92 Å². The van der Waals surface area contributed by atoms with Gasteiger partial charge in [0.2, 0.25) is 0 Å². The number of hydrogen-bond donors (Lipinski definition) is 2. The number of nitrogens with zero attached hydrogens (tertiary/aromatic N) is 2. The second-order valence-electron chi connectivity index (χ2n) is 5.12. The summed E-state index contributed by atoms with van der Waals surface area (Å²) in [5, 5.41) is 11.9. The molecule has 0 amide bonds. The highest BCUT2D eigenvalue weighted by Crippen LogP contribution is 2.34. The van der Waals surface area contributed by atoms with Crippen LogP contribution >= 0.6 is 0 Å². The van der Waals surface area contributed by atoms with Gasteiger partial charge in [0.05, 0.1) is 14.2 Å². The van der Waals surface area contributed by atoms with E-state index in [1.165, 1.54) is 7.11 Å². The van der Waals surface area contributed by atoms with Gasteiger partial charge in [0.15, 0.2) is 17.1 Å². The first kappa shape index (κ1) is 15.6. The number of ether oxygens (including phenoxy) is 2. The smallest absolute Gasteiger partial charge is 0.343 e. The third-order valence-electron chi connectivity index (χ3n) is 3.74. The van der Waals surface area contributed by atoms with Crippen molar-refractivity contribution >= 4 is 11.6 Å². The quantitative estimate of drug-likeness (QED) is 0.755. The van der Waals surface area contributed by atoms with E-state index in [4.69, 9.17) is 14.6 Å². The molecule has 0 saturated carbocycles. The molecule has 0 aliphatic rings. The number of aromatic nitrogens is 3. The van der Waals surface area contributed by atoms with Gasteiger partial charge in [0, 0.05) is 17.5 Å². The Morgan fingerprint density at radius 3 is 2.58 bits per heavy atom. The average molecular weight is 329 g/mol. The summed E-state index contributed by atoms with van der Waals surface area (Å²) in [5.74, 6) is -0.197. The number of aromatic amines is 1. The van der Waals surface area contributed by atoms with Crippen LogP contribution in [0, 0.1) is 6.92 Å². The van der Waals surface area contributed by atoms with Crippen molar-refractivity contribution in [1.29, 1.82) is 0 Å². The van der Waals surface area contributed by atoms with Crippen molar-refractivity contribution in [3.8, 4) is 22.6 Å². The second kappa shape index (κ2) is 5.73. The number of carbonyl (C=O) groups is 1. The molecular weight excluding hydrogens is 314 g/mol. The number of H-pyrrole nitrogens is 1. The lowest BCUT2D eigenvalue weighted by Gasteiger charge is -2.09. The van der Waals surface area contributed by atoms with Crippen LogP contribution in [0.15, 0.2) is 29.2 Å². The third kappa shape index (κ3) is 2.28. The van der Waals surface area contributed by atoms with Crippen molar-refractivity contribution in [3.05, 3.63) is 46.0 Å². The van der Waals surface area contributed by atoms with Crippen molar-refractivity contribution < 1.29 is 19.4 Å². The van der Waals surface area contributed by atoms with Crippen LogP contribution in [-0.4, -0.2) is 39.9 Å². The molecule has 124 valence electrons. The summed E-state index contributed by atoms with van der Waals surface area (Å²) in [6.07, 6.45) is 1.07. The fraction of sp³-hybridized carbons (Fsp3) is 0.188. The van der Waals surface area contributed by atoms with Gasteiger partial charge in [-0.15, -0.1) is 0 Å². The molecule has 2 aromatic heterocycles. The molecule has 0 unspecified atom stereocenters. The fourth-order valence-corrected chi connectivity index (χ4v) is 2.61. The SMILES string of the molecule is COc1ccc(-c2c(C)[nH]n3c(=O)c(C(=O)O)cnc23)cc1OC. The number of aromatic carboxylic acids is 1. The monoisotopic (exact) mass is 329 g/mol. The van der Waals surface area contributed by atoms with E-state index in [9.17, 15) is 9.59 Å². The number of fused-ring (bicyclic) bond motifs is 1. The zero-order valence-electron chi connectivity index (χ0n) is 13.3. The molecule has 0 fully saturated rings. The van der Waals surface area contributed by atoms with E-state index in [1.54, 1.807) is 26.2 Å². The summed E-state index contributed by atoms with van der Waals surface area (Å²) in [5.41, 5.74) is 1.41. The Bertz CT molecular complexity index is 1000. The summed E-state index contributed by atoms with van der Waals surface area (Å²) in [4.78, 5) is 27.5. The standard InChI is InChI=1S/C16H15N3O5/c1-8-13(9-4-5-11(23-2)12(6-9)24-3)14-17-7-10(16(21)22)15(20)19(14)18-8/h4-7,18H,1-3H3,(H,21,22). The van der Waals surface area contributed by atoms with Gasteiger partial charge >= 0.3 is 5.97 Å². The Balaban J connectivity index is 2.28. The lowest BCUT2D eigenvalue weighted by Crippen LogP contribution is -2.23. The number of hydrogen-bond acceptors (Lipinski definition) is 5. The molecule has 8 nitrogen and oxygen atoms in total. The van der Waals surface area contributed by atoms with Crippen molar-refractivity contribution in [2.24, 2.45) is 0 Å². The van der Waals surface area contributed by atoms with Gasteiger partial charge in [-0.1, -0.05) is 6.07 Å². The Labute approximate surface area is 136 Å². The van der Waals surface area contributed by atoms with Gasteiger partial charge < -0.3 is 14.6 Å². The van der Waals surface area contributed by atoms with Crippen LogP contribution in [0.5, 0.6) is 11.5 Å². The molecule has 3 rings (SSSR count). The van der Waals surface area contributed by atoms with Crippen molar-refractivity contribution in [2.75, 3.05) is 14.2 Å². The number of aryl methyl sites for hydroxylation is 1. The number of carboxylic acids is 1. The predicted molar refractivity (Wildman–Crippen MR) is 86.0 cm³/mol. The molecule has 0 saturated heterocycles. The molecule has 2 N–H and O–H groups in total. The molecule has 0 spiro atoms. The Morgan fingerprint density at radius 1 is 1.25 bits per heavy atom. The zero-order chi connectivity index (χ0) is 17.4. The molecule has 0 bridgehead atoms. The number of benzene rings is 1. The highest BCUT2D eigenvalue weighted by Gasteiger charge is 2.19. The van der Waals surface area contributed by atoms with Crippen LogP contribution < -0.4 is 15.0 Å². The summed E-state index contributed by atoms with van der Waals surface area (Å²) >= 11 is 0. The predicted octanol–water partition coefficient (Wildman–Crippen LogP) is 1.71. The van der Waals surface area contributed by atoms with Crippen LogP contribution in [0.3, 0.4) is 0 Å². The Hall–Kier alpha value is -3.29. The maximum Gasteiger partial charge on any atom is 0.343 e. The lowest BCUT2D eigenvalue weighted by molar-refractivity contribution is 0.0694. The third-order valence-corrected chi connectivity index (χ3v) is 3.74. The highest BCUT2D eigenvalue weighted by atomic mass is 16.5. The van der Waals surface area contributed by atoms with E-state index in [2.05, 4.69) is 10.1 Å². The first-order valence-electron chi connectivity index (χ1n) is 7.04. The van der Waals surface area contributed by atoms with E-state index in [0.717, 1.165) is 16.3 Å². The second-order valence-corrected chi connectivity index (χ2v) is 5.12. The number of methoxy groups -OCH3 is 2. The number of nitrogens with one attached hydrogen (secondary N) is 1. The van der Waals surface area contributed by atoms with E-state index < -0.39 is 17.1 Å². The van der Waals surface area contributed by atoms with Crippen LogP contribution in [0.4, 0.5) is 0 Å². The molecule has 0 aliphatic carbocycles. The van der Waals surface area contributed by atoms with Gasteiger partial charge in [-0.3, -0.25) is 9.89 Å². The minimum Gasteiger partial charge on any atom is -0.493 e. The first-order chi connectivity index (χ1) is 11.5. The zero-order valence-corrected chi connectivity index (χ0v) is 13.3. The highest BCUT2D eigenvalue weighted by molar-refractivity contribution is 5.88. The van der Waals surface area contributed by atoms with Crippen LogP contribution in [0.1, 0.15) is 16.1 Å². The van der Waals surface area contributed by atoms with Crippen molar-refractivity contribution in [3.63, 3.8) is 0 Å². The van der Waals surface area contributed by atoms with Crippen molar-refractivity contribution in [1.82, 2.24) is 14.6 Å². The van der Waals surface area contributed by atoms with E-state index >= 15 is 0 Å². The maximum absolute atomic E-state index is 12.3.